The van der Waals surface area contributed by atoms with Crippen molar-refractivity contribution in [3.8, 4) is 0 Å². The van der Waals surface area contributed by atoms with Gasteiger partial charge in [0.05, 0.1) is 17.4 Å². The Morgan fingerprint density at radius 2 is 1.75 bits per heavy atom. The molecule has 2 aromatic rings. The maximum absolute atomic E-state index is 13.9. The summed E-state index contributed by atoms with van der Waals surface area (Å²) in [4.78, 5) is 0. The number of aromatic nitrogens is 2. The van der Waals surface area contributed by atoms with Crippen LogP contribution in [-0.2, 0) is 0 Å². The van der Waals surface area contributed by atoms with Crippen molar-refractivity contribution in [2.75, 3.05) is 0 Å². The van der Waals surface area contributed by atoms with Gasteiger partial charge in [-0.15, -0.1) is 0 Å². The van der Waals surface area contributed by atoms with Crippen molar-refractivity contribution in [2.45, 2.75) is 19.9 Å². The summed E-state index contributed by atoms with van der Waals surface area (Å²) in [5.74, 6) is 1.38. The largest absolute Gasteiger partial charge is 0.271 e. The molecule has 0 radical (unpaired) electrons. The third-order valence-corrected chi connectivity index (χ3v) is 2.99. The van der Waals surface area contributed by atoms with Crippen LogP contribution in [0.1, 0.15) is 28.6 Å². The molecule has 1 unspecified atom stereocenters. The monoisotopic (exact) mass is 282 g/mol. The smallest absolute Gasteiger partial charge is 0.194 e. The fourth-order valence-corrected chi connectivity index (χ4v) is 1.97. The summed E-state index contributed by atoms with van der Waals surface area (Å²) in [7, 11) is 0. The second-order valence-corrected chi connectivity index (χ2v) is 4.39. The van der Waals surface area contributed by atoms with Crippen LogP contribution in [0, 0.1) is 31.3 Å². The summed E-state index contributed by atoms with van der Waals surface area (Å²) in [6.07, 6.45) is 0. The zero-order valence-electron chi connectivity index (χ0n) is 10.9. The Labute approximate surface area is 113 Å². The van der Waals surface area contributed by atoms with Crippen molar-refractivity contribution in [1.29, 1.82) is 0 Å². The number of benzene rings is 1. The number of hydrazine groups is 1. The number of aryl methyl sites for hydroxylation is 2. The molecule has 1 aromatic carbocycles. The number of nitrogens with one attached hydrogen (secondary N) is 1. The van der Waals surface area contributed by atoms with Crippen LogP contribution in [0.2, 0.25) is 0 Å². The summed E-state index contributed by atoms with van der Waals surface area (Å²) in [5.41, 5.74) is 3.97. The molecule has 0 bridgehead atoms. The van der Waals surface area contributed by atoms with Crippen molar-refractivity contribution in [3.05, 3.63) is 58.2 Å². The van der Waals surface area contributed by atoms with Gasteiger partial charge in [-0.25, -0.2) is 18.6 Å². The van der Waals surface area contributed by atoms with Crippen LogP contribution >= 0.6 is 0 Å². The van der Waals surface area contributed by atoms with E-state index in [1.165, 1.54) is 0 Å². The minimum absolute atomic E-state index is 0.0955. The second kappa shape index (κ2) is 5.56. The fraction of sp³-hybridized carbons (Fsp3) is 0.231. The maximum atomic E-state index is 13.9. The van der Waals surface area contributed by atoms with Gasteiger partial charge in [0.2, 0.25) is 0 Å². The van der Waals surface area contributed by atoms with Crippen LogP contribution in [0.15, 0.2) is 18.2 Å². The zero-order valence-corrected chi connectivity index (χ0v) is 10.9. The zero-order chi connectivity index (χ0) is 14.9. The van der Waals surface area contributed by atoms with Crippen molar-refractivity contribution >= 4 is 0 Å². The van der Waals surface area contributed by atoms with Gasteiger partial charge < -0.3 is 0 Å². The Balaban J connectivity index is 2.58. The Morgan fingerprint density at radius 1 is 1.05 bits per heavy atom. The Morgan fingerprint density at radius 3 is 2.40 bits per heavy atom. The van der Waals surface area contributed by atoms with Gasteiger partial charge in [0, 0.05) is 5.56 Å². The third kappa shape index (κ3) is 2.50. The van der Waals surface area contributed by atoms with E-state index in [1.807, 2.05) is 0 Å². The highest BCUT2D eigenvalue weighted by atomic mass is 19.2. The predicted molar refractivity (Wildman–Crippen MR) is 67.0 cm³/mol. The highest BCUT2D eigenvalue weighted by Crippen LogP contribution is 2.27. The van der Waals surface area contributed by atoms with Gasteiger partial charge in [0.25, 0.3) is 0 Å². The van der Waals surface area contributed by atoms with Crippen LogP contribution in [0.4, 0.5) is 13.2 Å². The molecule has 0 aliphatic carbocycles. The van der Waals surface area contributed by atoms with Crippen LogP contribution in [0.5, 0.6) is 0 Å². The van der Waals surface area contributed by atoms with Crippen LogP contribution < -0.4 is 11.3 Å². The fourth-order valence-electron chi connectivity index (χ4n) is 1.97. The van der Waals surface area contributed by atoms with E-state index in [0.717, 1.165) is 12.1 Å². The molecule has 0 aliphatic heterocycles. The standard InChI is InChI=1S/C13H13F3N4/c1-6-5-9(7(2)20-19-6)13(18-17)8-3-4-10(14)12(16)11(8)15/h3-5,13,18H,17H2,1-2H3. The van der Waals surface area contributed by atoms with Crippen molar-refractivity contribution in [3.63, 3.8) is 0 Å². The van der Waals surface area contributed by atoms with E-state index < -0.39 is 23.5 Å². The minimum atomic E-state index is -1.53. The predicted octanol–water partition coefficient (Wildman–Crippen LogP) is 2.06. The van der Waals surface area contributed by atoms with Gasteiger partial charge in [0.15, 0.2) is 17.5 Å². The van der Waals surface area contributed by atoms with E-state index in [4.69, 9.17) is 5.84 Å². The van der Waals surface area contributed by atoms with Gasteiger partial charge in [-0.1, -0.05) is 6.07 Å². The van der Waals surface area contributed by atoms with Gasteiger partial charge in [0.1, 0.15) is 0 Å². The molecule has 20 heavy (non-hydrogen) atoms. The molecule has 3 N–H and O–H groups in total. The summed E-state index contributed by atoms with van der Waals surface area (Å²) in [6.45, 7) is 3.38. The van der Waals surface area contributed by atoms with E-state index in [0.29, 0.717) is 17.0 Å². The van der Waals surface area contributed by atoms with E-state index in [9.17, 15) is 13.2 Å². The Bertz CT molecular complexity index is 646. The van der Waals surface area contributed by atoms with Gasteiger partial charge in [-0.2, -0.15) is 10.2 Å². The number of nitrogens with zero attached hydrogens (tertiary/aromatic N) is 2. The highest BCUT2D eigenvalue weighted by molar-refractivity contribution is 5.35. The highest BCUT2D eigenvalue weighted by Gasteiger charge is 2.23. The van der Waals surface area contributed by atoms with Crippen LogP contribution in [-0.4, -0.2) is 10.2 Å². The number of nitrogens with two attached hydrogens (primary N) is 1. The van der Waals surface area contributed by atoms with Crippen molar-refractivity contribution in [1.82, 2.24) is 15.6 Å². The average molecular weight is 282 g/mol. The first-order chi connectivity index (χ1) is 9.45. The lowest BCUT2D eigenvalue weighted by atomic mass is 9.97. The summed E-state index contributed by atoms with van der Waals surface area (Å²) >= 11 is 0. The third-order valence-electron chi connectivity index (χ3n) is 2.99. The summed E-state index contributed by atoms with van der Waals surface area (Å²) in [6, 6.07) is 2.81. The Hall–Kier alpha value is -1.99. The van der Waals surface area contributed by atoms with Gasteiger partial charge in [-0.05, 0) is 31.5 Å². The average Bonchev–Trinajstić information content (AvgIpc) is 2.43. The molecule has 0 aliphatic rings. The molecule has 1 aromatic heterocycles. The number of hydrogen-bond acceptors (Lipinski definition) is 4. The lowest BCUT2D eigenvalue weighted by Crippen LogP contribution is -2.30. The maximum Gasteiger partial charge on any atom is 0.194 e. The first-order valence-corrected chi connectivity index (χ1v) is 5.86. The van der Waals surface area contributed by atoms with E-state index in [2.05, 4.69) is 15.6 Å². The molecule has 2 rings (SSSR count). The normalized spacial score (nSPS) is 12.5. The molecule has 106 valence electrons. The van der Waals surface area contributed by atoms with E-state index in [1.54, 1.807) is 19.9 Å². The molecule has 0 saturated heterocycles. The van der Waals surface area contributed by atoms with Crippen LogP contribution in [0.3, 0.4) is 0 Å². The van der Waals surface area contributed by atoms with Gasteiger partial charge >= 0.3 is 0 Å². The topological polar surface area (TPSA) is 63.8 Å². The van der Waals surface area contributed by atoms with Crippen molar-refractivity contribution < 1.29 is 13.2 Å². The molecular formula is C13H13F3N4. The number of hydrogen-bond donors (Lipinski definition) is 2. The molecule has 4 nitrogen and oxygen atoms in total. The van der Waals surface area contributed by atoms with Crippen LogP contribution in [0.25, 0.3) is 0 Å². The minimum Gasteiger partial charge on any atom is -0.271 e. The quantitative estimate of drug-likeness (QED) is 0.514. The SMILES string of the molecule is Cc1cc(C(NN)c2ccc(F)c(F)c2F)c(C)nn1. The lowest BCUT2D eigenvalue weighted by Gasteiger charge is -2.19. The van der Waals surface area contributed by atoms with Gasteiger partial charge in [-0.3, -0.25) is 5.84 Å². The molecule has 0 amide bonds. The summed E-state index contributed by atoms with van der Waals surface area (Å²) in [5, 5.41) is 7.76. The molecular weight excluding hydrogens is 269 g/mol. The second-order valence-electron chi connectivity index (χ2n) is 4.39. The molecule has 0 saturated carbocycles. The number of rotatable bonds is 3. The first-order valence-electron chi connectivity index (χ1n) is 5.86. The molecule has 0 spiro atoms. The molecule has 7 heteroatoms. The first kappa shape index (κ1) is 14.4. The molecule has 1 atom stereocenters. The van der Waals surface area contributed by atoms with E-state index >= 15 is 0 Å². The van der Waals surface area contributed by atoms with Crippen molar-refractivity contribution in [2.24, 2.45) is 5.84 Å². The summed E-state index contributed by atoms with van der Waals surface area (Å²) < 4.78 is 40.2. The molecule has 0 fully saturated rings. The Kier molecular flexibility index (Phi) is 4.01. The molecule has 1 heterocycles. The number of halogens is 3. The lowest BCUT2D eigenvalue weighted by molar-refractivity contribution is 0.433. The van der Waals surface area contributed by atoms with E-state index in [-0.39, 0.29) is 5.56 Å².